The van der Waals surface area contributed by atoms with E-state index in [-0.39, 0.29) is 0 Å². The number of benzene rings is 8. The topological polar surface area (TPSA) is 89.5 Å². The van der Waals surface area contributed by atoms with Crippen LogP contribution in [-0.4, -0.2) is 28.4 Å². The lowest BCUT2D eigenvalue weighted by Crippen LogP contribution is -2.11. The molecular weight excluding hydrogens is 959 g/mol. The van der Waals surface area contributed by atoms with Gasteiger partial charge in [-0.15, -0.1) is 0 Å². The molecule has 0 spiro atoms. The smallest absolute Gasteiger partial charge is 0.254 e. The average Bonchev–Trinajstić information content (AvgIpc) is 3.72. The summed E-state index contributed by atoms with van der Waals surface area (Å²) in [7, 11) is 2.98. The van der Waals surface area contributed by atoms with Gasteiger partial charge < -0.3 is 35.7 Å². The van der Waals surface area contributed by atoms with Crippen molar-refractivity contribution in [2.75, 3.05) is 28.4 Å². The summed E-state index contributed by atoms with van der Waals surface area (Å²) in [5.41, 5.74) is 19.0. The van der Waals surface area contributed by atoms with Crippen LogP contribution in [0, 0.1) is 27.7 Å². The molecule has 0 N–H and O–H groups in total. The van der Waals surface area contributed by atoms with Crippen LogP contribution in [0.2, 0.25) is 0 Å². The van der Waals surface area contributed by atoms with Gasteiger partial charge in [0.2, 0.25) is 0 Å². The van der Waals surface area contributed by atoms with Gasteiger partial charge in [0, 0.05) is 43.8 Å². The quantitative estimate of drug-likeness (QED) is 0.141. The molecule has 0 atom stereocenters. The lowest BCUT2D eigenvalue weighted by molar-refractivity contribution is 0.414. The zero-order valence-electron chi connectivity index (χ0n) is 43.4. The standard InChI is InChI=1S/C64H60O8P2/c1-37-27-45(65-5)33-53-54-34-46(66-6)28-38(2)60(54)70-73(69-59(37)53)63-51(41-19-11-9-12-20-41)31-43-23-15-17-25-49(43)57(63)58-50-26-18-16-24-44(50)32-52(42-21-13-10-14-22-42)64(58)74-71-61-39(3)29-47(67-7)35-55(61)56-36-48(68-8)30-40(4)62(56)72-74/h9-14,19-22,27-36H,15-18,23-26H2,1-8H3. The first-order valence-electron chi connectivity index (χ1n) is 25.7. The molecule has 0 unspecified atom stereocenters. The molecule has 2 aliphatic carbocycles. The molecule has 0 amide bonds. The van der Waals surface area contributed by atoms with E-state index < -0.39 is 16.0 Å². The summed E-state index contributed by atoms with van der Waals surface area (Å²) in [6.07, 6.45) is 8.08. The van der Waals surface area contributed by atoms with Gasteiger partial charge in [-0.25, -0.2) is 0 Å². The van der Waals surface area contributed by atoms with Crippen molar-refractivity contribution in [3.63, 3.8) is 0 Å². The molecule has 2 aromatic heterocycles. The summed E-state index contributed by atoms with van der Waals surface area (Å²) in [4.78, 5) is 0. The second kappa shape index (κ2) is 19.6. The van der Waals surface area contributed by atoms with Gasteiger partial charge in [0.25, 0.3) is 16.0 Å². The fourth-order valence-corrected chi connectivity index (χ4v) is 15.4. The Morgan fingerprint density at radius 3 is 0.959 bits per heavy atom. The first-order valence-corrected chi connectivity index (χ1v) is 28.1. The first-order chi connectivity index (χ1) is 36.1. The SMILES string of the molecule is COc1cc(C)c2op(-c3c(-c4ccccc4)cc4c(c3-c3c5c(cc(-c6ccccc6)c3-p3oc6c(C)cc(OC)cc6c6cc(OC)cc(C)c6o3)CCCC5)CCCC4)oc3c(C)cc(OC)cc3c2c1. The van der Waals surface area contributed by atoms with Gasteiger partial charge in [-0.3, -0.25) is 0 Å². The Hall–Kier alpha value is -7.24. The Bertz CT molecular complexity index is 3550. The van der Waals surface area contributed by atoms with Crippen molar-refractivity contribution in [2.45, 2.75) is 79.1 Å². The third-order valence-corrected chi connectivity index (χ3v) is 18.3. The van der Waals surface area contributed by atoms with Crippen LogP contribution in [0.3, 0.4) is 0 Å². The second-order valence-corrected chi connectivity index (χ2v) is 22.5. The Labute approximate surface area is 433 Å². The van der Waals surface area contributed by atoms with Gasteiger partial charge >= 0.3 is 0 Å². The molecule has 0 fully saturated rings. The Morgan fingerprint density at radius 1 is 0.365 bits per heavy atom. The summed E-state index contributed by atoms with van der Waals surface area (Å²) in [5.74, 6) is 2.97. The summed E-state index contributed by atoms with van der Waals surface area (Å²) in [6.45, 7) is 8.41. The van der Waals surface area contributed by atoms with E-state index >= 15 is 0 Å². The maximum atomic E-state index is 7.70. The number of methoxy groups -OCH3 is 4. The number of hydrogen-bond acceptors (Lipinski definition) is 8. The van der Waals surface area contributed by atoms with Crippen molar-refractivity contribution < 1.29 is 35.7 Å². The molecule has 2 heterocycles. The van der Waals surface area contributed by atoms with Crippen molar-refractivity contribution in [3.8, 4) is 67.0 Å². The second-order valence-electron chi connectivity index (χ2n) is 19.9. The van der Waals surface area contributed by atoms with Gasteiger partial charge in [-0.1, -0.05) is 60.7 Å². The number of rotatable bonds is 9. The van der Waals surface area contributed by atoms with Crippen molar-refractivity contribution in [1.29, 1.82) is 0 Å². The van der Waals surface area contributed by atoms with Gasteiger partial charge in [0.15, 0.2) is 0 Å². The number of hydrogen-bond donors (Lipinski definition) is 0. The minimum atomic E-state index is -1.93. The molecule has 2 aliphatic rings. The molecule has 10 heteroatoms. The predicted molar refractivity (Wildman–Crippen MR) is 304 cm³/mol. The van der Waals surface area contributed by atoms with E-state index in [1.54, 1.807) is 28.4 Å². The maximum Gasteiger partial charge on any atom is 0.254 e. The highest BCUT2D eigenvalue weighted by atomic mass is 31.1. The van der Waals surface area contributed by atoms with E-state index in [0.29, 0.717) is 0 Å². The maximum absolute atomic E-state index is 7.70. The molecule has 74 heavy (non-hydrogen) atoms. The summed E-state index contributed by atoms with van der Waals surface area (Å²) in [5, 5.41) is 5.68. The zero-order valence-corrected chi connectivity index (χ0v) is 45.2. The van der Waals surface area contributed by atoms with Crippen molar-refractivity contribution in [3.05, 3.63) is 166 Å². The summed E-state index contributed by atoms with van der Waals surface area (Å²) >= 11 is 0. The zero-order chi connectivity index (χ0) is 50.8. The van der Waals surface area contributed by atoms with Crippen LogP contribution >= 0.6 is 16.0 Å². The van der Waals surface area contributed by atoms with E-state index in [0.717, 1.165) is 173 Å². The molecule has 0 radical (unpaired) electrons. The molecular formula is C64H60O8P2. The molecule has 374 valence electrons. The van der Waals surface area contributed by atoms with E-state index in [9.17, 15) is 0 Å². The summed E-state index contributed by atoms with van der Waals surface area (Å²) in [6, 6.07) is 43.1. The predicted octanol–water partition coefficient (Wildman–Crippen LogP) is 18.9. The highest BCUT2D eigenvalue weighted by molar-refractivity contribution is 7.47. The fourth-order valence-electron chi connectivity index (χ4n) is 11.7. The fraction of sp³-hybridized carbons (Fsp3) is 0.250. The summed E-state index contributed by atoms with van der Waals surface area (Å²) < 4.78 is 54.5. The minimum absolute atomic E-state index is 0.743. The van der Waals surface area contributed by atoms with Crippen molar-refractivity contribution >= 4 is 59.9 Å². The van der Waals surface area contributed by atoms with E-state index in [1.165, 1.54) is 33.4 Å². The first kappa shape index (κ1) is 47.7. The molecule has 0 aliphatic heterocycles. The van der Waals surface area contributed by atoms with Gasteiger partial charge in [0.05, 0.1) is 39.0 Å². The van der Waals surface area contributed by atoms with E-state index in [4.69, 9.17) is 35.7 Å². The molecule has 0 bridgehead atoms. The van der Waals surface area contributed by atoms with Crippen LogP contribution < -0.4 is 18.9 Å². The average molecular weight is 1020 g/mol. The number of fused-ring (bicyclic) bond motifs is 8. The number of aryl methyl sites for hydroxylation is 6. The minimum Gasteiger partial charge on any atom is -0.497 e. The molecule has 0 saturated heterocycles. The normalized spacial score (nSPS) is 13.2. The van der Waals surface area contributed by atoms with Crippen LogP contribution in [0.4, 0.5) is 0 Å². The van der Waals surface area contributed by atoms with Gasteiger partial charge in [0.1, 0.15) is 45.3 Å². The van der Waals surface area contributed by atoms with Crippen LogP contribution in [-0.2, 0) is 25.7 Å². The Balaban J connectivity index is 1.34. The van der Waals surface area contributed by atoms with E-state index in [1.807, 2.05) is 0 Å². The van der Waals surface area contributed by atoms with Crippen LogP contribution in [0.25, 0.3) is 87.9 Å². The molecule has 8 aromatic carbocycles. The van der Waals surface area contributed by atoms with Crippen molar-refractivity contribution in [2.24, 2.45) is 0 Å². The van der Waals surface area contributed by atoms with Crippen LogP contribution in [0.1, 0.15) is 70.2 Å². The van der Waals surface area contributed by atoms with Gasteiger partial charge in [-0.2, -0.15) is 0 Å². The van der Waals surface area contributed by atoms with Crippen LogP contribution in [0.15, 0.2) is 138 Å². The van der Waals surface area contributed by atoms with E-state index in [2.05, 4.69) is 149 Å². The van der Waals surface area contributed by atoms with Gasteiger partial charge in [-0.05, 0) is 195 Å². The highest BCUT2D eigenvalue weighted by Crippen LogP contribution is 2.62. The molecule has 8 nitrogen and oxygen atoms in total. The van der Waals surface area contributed by atoms with Crippen molar-refractivity contribution in [1.82, 2.24) is 0 Å². The Morgan fingerprint density at radius 2 is 0.662 bits per heavy atom. The lowest BCUT2D eigenvalue weighted by Gasteiger charge is -2.30. The molecule has 0 saturated carbocycles. The van der Waals surface area contributed by atoms with Crippen LogP contribution in [0.5, 0.6) is 23.0 Å². The third-order valence-electron chi connectivity index (χ3n) is 15.2. The largest absolute Gasteiger partial charge is 0.497 e. The Kier molecular flexibility index (Phi) is 12.6. The highest BCUT2D eigenvalue weighted by Gasteiger charge is 2.34. The molecule has 12 rings (SSSR count). The molecule has 10 aromatic rings. The monoisotopic (exact) mass is 1020 g/mol. The third kappa shape index (κ3) is 8.24. The lowest BCUT2D eigenvalue weighted by atomic mass is 9.78. The number of ether oxygens (including phenoxy) is 4.